The highest BCUT2D eigenvalue weighted by Crippen LogP contribution is 2.28. The molecule has 2 nitrogen and oxygen atoms in total. The van der Waals surface area contributed by atoms with Gasteiger partial charge in [0.2, 0.25) is 6.29 Å². The van der Waals surface area contributed by atoms with Gasteiger partial charge in [0, 0.05) is 12.5 Å². The molecular weight excluding hydrogens is 164 g/mol. The van der Waals surface area contributed by atoms with Crippen molar-refractivity contribution in [1.29, 1.82) is 0 Å². The Morgan fingerprint density at radius 2 is 2.23 bits per heavy atom. The molecule has 1 rings (SSSR count). The third-order valence-corrected chi connectivity index (χ3v) is 2.59. The summed E-state index contributed by atoms with van der Waals surface area (Å²) in [5.41, 5.74) is 1.41. The van der Waals surface area contributed by atoms with Gasteiger partial charge in [0.25, 0.3) is 0 Å². The molecule has 0 saturated carbocycles. The minimum Gasteiger partial charge on any atom is -0.472 e. The van der Waals surface area contributed by atoms with E-state index in [9.17, 15) is 0 Å². The zero-order valence-electron chi connectivity index (χ0n) is 8.88. The number of hydrogen-bond donors (Lipinski definition) is 0. The number of hydrogen-bond acceptors (Lipinski definition) is 2. The molecule has 1 aliphatic heterocycles. The van der Waals surface area contributed by atoms with E-state index in [0.717, 1.165) is 25.9 Å². The monoisotopic (exact) mass is 184 g/mol. The van der Waals surface area contributed by atoms with E-state index in [1.807, 2.05) is 13.2 Å². The number of ether oxygens (including phenoxy) is 2. The molecule has 0 aromatic rings. The molecule has 0 aromatic carbocycles. The molecule has 1 aliphatic rings. The molecule has 0 saturated heterocycles. The molecule has 0 bridgehead atoms. The standard InChI is InChI=1S/C11H20O2/c1-4-9-7-10(5-2)11(12-6-3)13-8-9/h8,10-11H,4-7H2,1-3H3. The maximum atomic E-state index is 5.54. The molecule has 1 heterocycles. The molecule has 2 heteroatoms. The van der Waals surface area contributed by atoms with Crippen LogP contribution in [0.5, 0.6) is 0 Å². The summed E-state index contributed by atoms with van der Waals surface area (Å²) in [6, 6.07) is 0. The molecule has 2 unspecified atom stereocenters. The van der Waals surface area contributed by atoms with Gasteiger partial charge in [-0.2, -0.15) is 0 Å². The van der Waals surface area contributed by atoms with Gasteiger partial charge in [0.1, 0.15) is 0 Å². The molecule has 76 valence electrons. The molecule has 2 atom stereocenters. The van der Waals surface area contributed by atoms with Gasteiger partial charge < -0.3 is 9.47 Å². The van der Waals surface area contributed by atoms with Gasteiger partial charge in [-0.25, -0.2) is 0 Å². The average Bonchev–Trinajstić information content (AvgIpc) is 2.19. The van der Waals surface area contributed by atoms with Gasteiger partial charge in [0.05, 0.1) is 6.26 Å². The van der Waals surface area contributed by atoms with Gasteiger partial charge in [0.15, 0.2) is 0 Å². The highest BCUT2D eigenvalue weighted by molar-refractivity contribution is 5.02. The van der Waals surface area contributed by atoms with E-state index in [-0.39, 0.29) is 6.29 Å². The van der Waals surface area contributed by atoms with Gasteiger partial charge in [-0.3, -0.25) is 0 Å². The minimum absolute atomic E-state index is 0.00898. The third kappa shape index (κ3) is 2.73. The average molecular weight is 184 g/mol. The maximum Gasteiger partial charge on any atom is 0.202 e. The predicted molar refractivity (Wildman–Crippen MR) is 53.3 cm³/mol. The second kappa shape index (κ2) is 5.28. The van der Waals surface area contributed by atoms with Crippen molar-refractivity contribution in [3.63, 3.8) is 0 Å². The van der Waals surface area contributed by atoms with Crippen molar-refractivity contribution < 1.29 is 9.47 Å². The van der Waals surface area contributed by atoms with E-state index >= 15 is 0 Å². The molecule has 0 radical (unpaired) electrons. The van der Waals surface area contributed by atoms with E-state index < -0.39 is 0 Å². The van der Waals surface area contributed by atoms with Crippen LogP contribution >= 0.6 is 0 Å². The fourth-order valence-electron chi connectivity index (χ4n) is 1.66. The van der Waals surface area contributed by atoms with Crippen LogP contribution < -0.4 is 0 Å². The lowest BCUT2D eigenvalue weighted by Crippen LogP contribution is -2.28. The first-order valence-electron chi connectivity index (χ1n) is 5.26. The van der Waals surface area contributed by atoms with Crippen molar-refractivity contribution in [1.82, 2.24) is 0 Å². The molecule has 0 spiro atoms. The molecule has 0 amide bonds. The lowest BCUT2D eigenvalue weighted by molar-refractivity contribution is -0.145. The summed E-state index contributed by atoms with van der Waals surface area (Å²) in [5.74, 6) is 0.542. The summed E-state index contributed by atoms with van der Waals surface area (Å²) in [4.78, 5) is 0. The quantitative estimate of drug-likeness (QED) is 0.668. The molecule has 0 N–H and O–H groups in total. The Morgan fingerprint density at radius 3 is 2.77 bits per heavy atom. The first-order valence-corrected chi connectivity index (χ1v) is 5.26. The van der Waals surface area contributed by atoms with Crippen LogP contribution in [0.3, 0.4) is 0 Å². The van der Waals surface area contributed by atoms with Crippen LogP contribution in [0.15, 0.2) is 11.8 Å². The number of allylic oxidation sites excluding steroid dienone is 1. The van der Waals surface area contributed by atoms with Crippen molar-refractivity contribution in [2.75, 3.05) is 6.61 Å². The first kappa shape index (κ1) is 10.6. The van der Waals surface area contributed by atoms with Gasteiger partial charge >= 0.3 is 0 Å². The predicted octanol–water partition coefficient (Wildman–Crippen LogP) is 3.09. The van der Waals surface area contributed by atoms with Gasteiger partial charge in [-0.05, 0) is 31.8 Å². The van der Waals surface area contributed by atoms with Crippen LogP contribution in [0.4, 0.5) is 0 Å². The van der Waals surface area contributed by atoms with Crippen LogP contribution in [0.25, 0.3) is 0 Å². The van der Waals surface area contributed by atoms with Crippen LogP contribution in [0, 0.1) is 5.92 Å². The van der Waals surface area contributed by atoms with Crippen molar-refractivity contribution in [2.24, 2.45) is 5.92 Å². The van der Waals surface area contributed by atoms with E-state index in [1.165, 1.54) is 5.57 Å². The number of rotatable bonds is 4. The normalized spacial score (nSPS) is 28.1. The lowest BCUT2D eigenvalue weighted by Gasteiger charge is -2.30. The Balaban J connectivity index is 2.52. The van der Waals surface area contributed by atoms with E-state index in [4.69, 9.17) is 9.47 Å². The summed E-state index contributed by atoms with van der Waals surface area (Å²) >= 11 is 0. The summed E-state index contributed by atoms with van der Waals surface area (Å²) < 4.78 is 11.1. The summed E-state index contributed by atoms with van der Waals surface area (Å²) in [6.45, 7) is 7.10. The molecule has 0 aliphatic carbocycles. The Hall–Kier alpha value is -0.500. The third-order valence-electron chi connectivity index (χ3n) is 2.59. The van der Waals surface area contributed by atoms with E-state index in [2.05, 4.69) is 13.8 Å². The van der Waals surface area contributed by atoms with Crippen LogP contribution in [0.1, 0.15) is 40.0 Å². The van der Waals surface area contributed by atoms with Crippen LogP contribution in [0.2, 0.25) is 0 Å². The highest BCUT2D eigenvalue weighted by Gasteiger charge is 2.25. The van der Waals surface area contributed by atoms with Crippen molar-refractivity contribution in [2.45, 2.75) is 46.3 Å². The first-order chi connectivity index (χ1) is 6.31. The summed E-state index contributed by atoms with van der Waals surface area (Å²) in [6.07, 6.45) is 5.23. The Labute approximate surface area is 80.9 Å². The molecule has 13 heavy (non-hydrogen) atoms. The summed E-state index contributed by atoms with van der Waals surface area (Å²) in [5, 5.41) is 0. The Kier molecular flexibility index (Phi) is 4.29. The van der Waals surface area contributed by atoms with E-state index in [1.54, 1.807) is 0 Å². The highest BCUT2D eigenvalue weighted by atomic mass is 16.7. The SMILES string of the molecule is CCOC1OC=C(CC)CC1CC. The second-order valence-corrected chi connectivity index (χ2v) is 3.46. The Bertz CT molecular complexity index is 175. The van der Waals surface area contributed by atoms with Crippen LogP contribution in [-0.2, 0) is 9.47 Å². The minimum atomic E-state index is -0.00898. The largest absolute Gasteiger partial charge is 0.472 e. The zero-order valence-corrected chi connectivity index (χ0v) is 8.88. The fourth-order valence-corrected chi connectivity index (χ4v) is 1.66. The molecular formula is C11H20O2. The molecule has 0 fully saturated rings. The fraction of sp³-hybridized carbons (Fsp3) is 0.818. The van der Waals surface area contributed by atoms with Crippen molar-refractivity contribution >= 4 is 0 Å². The van der Waals surface area contributed by atoms with Gasteiger partial charge in [-0.15, -0.1) is 0 Å². The van der Waals surface area contributed by atoms with Crippen LogP contribution in [-0.4, -0.2) is 12.9 Å². The maximum absolute atomic E-state index is 5.54. The Morgan fingerprint density at radius 1 is 1.46 bits per heavy atom. The van der Waals surface area contributed by atoms with Crippen molar-refractivity contribution in [3.8, 4) is 0 Å². The van der Waals surface area contributed by atoms with Gasteiger partial charge in [-0.1, -0.05) is 13.8 Å². The lowest BCUT2D eigenvalue weighted by atomic mass is 9.94. The van der Waals surface area contributed by atoms with E-state index in [0.29, 0.717) is 5.92 Å². The zero-order chi connectivity index (χ0) is 9.68. The van der Waals surface area contributed by atoms with Crippen molar-refractivity contribution in [3.05, 3.63) is 11.8 Å². The smallest absolute Gasteiger partial charge is 0.202 e. The summed E-state index contributed by atoms with van der Waals surface area (Å²) in [7, 11) is 0. The second-order valence-electron chi connectivity index (χ2n) is 3.46. The topological polar surface area (TPSA) is 18.5 Å². The molecule has 0 aromatic heterocycles.